The fourth-order valence-electron chi connectivity index (χ4n) is 0.630. The van der Waals surface area contributed by atoms with Gasteiger partial charge in [-0.25, -0.2) is 0 Å². The van der Waals surface area contributed by atoms with E-state index in [9.17, 15) is 4.79 Å². The van der Waals surface area contributed by atoms with Gasteiger partial charge in [0.25, 0.3) is 0 Å². The van der Waals surface area contributed by atoms with Gasteiger partial charge in [0.1, 0.15) is 6.29 Å². The van der Waals surface area contributed by atoms with Crippen LogP contribution in [0.5, 0.6) is 0 Å². The molecule has 0 heterocycles. The van der Waals surface area contributed by atoms with Gasteiger partial charge < -0.3 is 4.79 Å². The zero-order chi connectivity index (χ0) is 8.91. The highest BCUT2D eigenvalue weighted by Gasteiger charge is 2.13. The Labute approximate surface area is 69.5 Å². The SMILES string of the molecule is CC/C(C)=C/CC(C)(C)C=O. The molecule has 0 bridgehead atoms. The first-order valence-corrected chi connectivity index (χ1v) is 4.14. The van der Waals surface area contributed by atoms with Gasteiger partial charge in [-0.15, -0.1) is 0 Å². The molecular weight excluding hydrogens is 136 g/mol. The molecule has 0 aliphatic rings. The lowest BCUT2D eigenvalue weighted by Crippen LogP contribution is -2.11. The second-order valence-corrected chi connectivity index (χ2v) is 3.71. The maximum atomic E-state index is 10.5. The summed E-state index contributed by atoms with van der Waals surface area (Å²) in [6, 6.07) is 0. The summed E-state index contributed by atoms with van der Waals surface area (Å²) in [6.45, 7) is 8.14. The van der Waals surface area contributed by atoms with Crippen molar-refractivity contribution in [3.8, 4) is 0 Å². The van der Waals surface area contributed by atoms with Crippen molar-refractivity contribution in [2.45, 2.75) is 40.5 Å². The van der Waals surface area contributed by atoms with Crippen molar-refractivity contribution in [1.82, 2.24) is 0 Å². The fourth-order valence-corrected chi connectivity index (χ4v) is 0.630. The van der Waals surface area contributed by atoms with E-state index in [1.54, 1.807) is 0 Å². The van der Waals surface area contributed by atoms with Crippen molar-refractivity contribution in [1.29, 1.82) is 0 Å². The van der Waals surface area contributed by atoms with E-state index in [-0.39, 0.29) is 5.41 Å². The van der Waals surface area contributed by atoms with Gasteiger partial charge in [0, 0.05) is 5.41 Å². The normalized spacial score (nSPS) is 13.3. The fraction of sp³-hybridized carbons (Fsp3) is 0.700. The molecule has 0 atom stereocenters. The van der Waals surface area contributed by atoms with Crippen molar-refractivity contribution in [3.63, 3.8) is 0 Å². The van der Waals surface area contributed by atoms with Gasteiger partial charge in [-0.05, 0) is 19.8 Å². The molecule has 0 aromatic rings. The number of hydrogen-bond donors (Lipinski definition) is 0. The van der Waals surface area contributed by atoms with Gasteiger partial charge in [-0.1, -0.05) is 32.4 Å². The van der Waals surface area contributed by atoms with Crippen LogP contribution in [0.25, 0.3) is 0 Å². The smallest absolute Gasteiger partial charge is 0.125 e. The first-order chi connectivity index (χ1) is 5.02. The molecule has 1 heteroatoms. The Morgan fingerprint density at radius 1 is 1.45 bits per heavy atom. The van der Waals surface area contributed by atoms with Crippen molar-refractivity contribution in [2.75, 3.05) is 0 Å². The molecule has 64 valence electrons. The van der Waals surface area contributed by atoms with Crippen LogP contribution in [0.2, 0.25) is 0 Å². The first kappa shape index (κ1) is 10.4. The zero-order valence-corrected chi connectivity index (χ0v) is 7.98. The lowest BCUT2D eigenvalue weighted by Gasteiger charge is -2.13. The molecule has 11 heavy (non-hydrogen) atoms. The monoisotopic (exact) mass is 154 g/mol. The van der Waals surface area contributed by atoms with Gasteiger partial charge in [0.05, 0.1) is 0 Å². The molecule has 0 fully saturated rings. The number of allylic oxidation sites excluding steroid dienone is 2. The first-order valence-electron chi connectivity index (χ1n) is 4.14. The molecule has 0 saturated carbocycles. The molecule has 1 nitrogen and oxygen atoms in total. The Morgan fingerprint density at radius 3 is 2.36 bits per heavy atom. The predicted octanol–water partition coefficient (Wildman–Crippen LogP) is 2.96. The third kappa shape index (κ3) is 4.77. The number of rotatable bonds is 4. The minimum absolute atomic E-state index is 0.184. The largest absolute Gasteiger partial charge is 0.303 e. The van der Waals surface area contributed by atoms with Gasteiger partial charge in [-0.2, -0.15) is 0 Å². The summed E-state index contributed by atoms with van der Waals surface area (Å²) in [5.41, 5.74) is 1.18. The number of hydrogen-bond acceptors (Lipinski definition) is 1. The lowest BCUT2D eigenvalue weighted by molar-refractivity contribution is -0.114. The van der Waals surface area contributed by atoms with E-state index in [4.69, 9.17) is 0 Å². The Morgan fingerprint density at radius 2 is 2.00 bits per heavy atom. The summed E-state index contributed by atoms with van der Waals surface area (Å²) in [4.78, 5) is 10.5. The van der Waals surface area contributed by atoms with E-state index in [0.717, 1.165) is 19.1 Å². The van der Waals surface area contributed by atoms with Crippen molar-refractivity contribution in [3.05, 3.63) is 11.6 Å². The molecule has 0 saturated heterocycles. The standard InChI is InChI=1S/C10H18O/c1-5-9(2)6-7-10(3,4)8-11/h6,8H,5,7H2,1-4H3/b9-6+. The second kappa shape index (κ2) is 4.32. The summed E-state index contributed by atoms with van der Waals surface area (Å²) in [6.07, 6.45) is 5.10. The van der Waals surface area contributed by atoms with Crippen molar-refractivity contribution < 1.29 is 4.79 Å². The molecule has 0 N–H and O–H groups in total. The van der Waals surface area contributed by atoms with Crippen LogP contribution in [0.3, 0.4) is 0 Å². The van der Waals surface area contributed by atoms with Gasteiger partial charge >= 0.3 is 0 Å². The highest BCUT2D eigenvalue weighted by atomic mass is 16.1. The molecule has 0 amide bonds. The second-order valence-electron chi connectivity index (χ2n) is 3.71. The maximum absolute atomic E-state index is 10.5. The van der Waals surface area contributed by atoms with Crippen LogP contribution >= 0.6 is 0 Å². The summed E-state index contributed by atoms with van der Waals surface area (Å²) >= 11 is 0. The van der Waals surface area contributed by atoms with E-state index >= 15 is 0 Å². The molecule has 0 spiro atoms. The summed E-state index contributed by atoms with van der Waals surface area (Å²) < 4.78 is 0. The summed E-state index contributed by atoms with van der Waals surface area (Å²) in [7, 11) is 0. The van der Waals surface area contributed by atoms with Gasteiger partial charge in [0.15, 0.2) is 0 Å². The Bertz CT molecular complexity index is 154. The van der Waals surface area contributed by atoms with E-state index < -0.39 is 0 Å². The Hall–Kier alpha value is -0.590. The Kier molecular flexibility index (Phi) is 4.09. The van der Waals surface area contributed by atoms with Crippen molar-refractivity contribution >= 4 is 6.29 Å². The predicted molar refractivity (Wildman–Crippen MR) is 48.5 cm³/mol. The van der Waals surface area contributed by atoms with Crippen LogP contribution in [0.1, 0.15) is 40.5 Å². The summed E-state index contributed by atoms with van der Waals surface area (Å²) in [5.74, 6) is 0. The maximum Gasteiger partial charge on any atom is 0.125 e. The molecule has 0 aromatic carbocycles. The van der Waals surface area contributed by atoms with Crippen LogP contribution in [-0.2, 0) is 4.79 Å². The van der Waals surface area contributed by atoms with Gasteiger partial charge in [0.2, 0.25) is 0 Å². The summed E-state index contributed by atoms with van der Waals surface area (Å²) in [5, 5.41) is 0. The molecule has 0 aliphatic carbocycles. The number of carbonyl (C=O) groups is 1. The molecule has 0 unspecified atom stereocenters. The van der Waals surface area contributed by atoms with Crippen LogP contribution in [0, 0.1) is 5.41 Å². The third-order valence-electron chi connectivity index (χ3n) is 1.85. The van der Waals surface area contributed by atoms with Crippen LogP contribution in [-0.4, -0.2) is 6.29 Å². The topological polar surface area (TPSA) is 17.1 Å². The number of carbonyl (C=O) groups excluding carboxylic acids is 1. The van der Waals surface area contributed by atoms with Crippen LogP contribution < -0.4 is 0 Å². The molecule has 0 aromatic heterocycles. The van der Waals surface area contributed by atoms with E-state index in [1.165, 1.54) is 5.57 Å². The molecule has 0 radical (unpaired) electrons. The molecule has 0 aliphatic heterocycles. The average molecular weight is 154 g/mol. The van der Waals surface area contributed by atoms with E-state index in [2.05, 4.69) is 19.9 Å². The highest BCUT2D eigenvalue weighted by molar-refractivity contribution is 5.58. The highest BCUT2D eigenvalue weighted by Crippen LogP contribution is 2.18. The minimum atomic E-state index is -0.184. The van der Waals surface area contributed by atoms with E-state index in [0.29, 0.717) is 0 Å². The third-order valence-corrected chi connectivity index (χ3v) is 1.85. The van der Waals surface area contributed by atoms with Gasteiger partial charge in [-0.3, -0.25) is 0 Å². The number of aldehydes is 1. The minimum Gasteiger partial charge on any atom is -0.303 e. The van der Waals surface area contributed by atoms with Crippen LogP contribution in [0.4, 0.5) is 0 Å². The van der Waals surface area contributed by atoms with Crippen molar-refractivity contribution in [2.24, 2.45) is 5.41 Å². The molecule has 0 rings (SSSR count). The van der Waals surface area contributed by atoms with Crippen LogP contribution in [0.15, 0.2) is 11.6 Å². The van der Waals surface area contributed by atoms with E-state index in [1.807, 2.05) is 13.8 Å². The Balaban J connectivity index is 3.96. The lowest BCUT2D eigenvalue weighted by atomic mass is 9.90. The molecular formula is C10H18O. The quantitative estimate of drug-likeness (QED) is 0.449. The average Bonchev–Trinajstić information content (AvgIpc) is 2.00. The zero-order valence-electron chi connectivity index (χ0n) is 7.98.